The fourth-order valence-electron chi connectivity index (χ4n) is 2.70. The molecule has 1 heterocycles. The number of hydrogen-bond acceptors (Lipinski definition) is 3. The summed E-state index contributed by atoms with van der Waals surface area (Å²) in [5.41, 5.74) is 0. The number of sulfone groups is 1. The van der Waals surface area contributed by atoms with Gasteiger partial charge in [0.05, 0.1) is 5.75 Å². The Morgan fingerprint density at radius 3 is 2.30 bits per heavy atom. The zero-order valence-corrected chi connectivity index (χ0v) is 16.1. The third-order valence-corrected chi connectivity index (χ3v) is 4.39. The number of aliphatic imine (C=N–C) groups is 1. The molecule has 1 rings (SSSR count). The fraction of sp³-hybridized carbons (Fsp3) is 0.923. The Bertz CT molecular complexity index is 402. The topological polar surface area (TPSA) is 61.8 Å². The van der Waals surface area contributed by atoms with Crippen molar-refractivity contribution in [3.05, 3.63) is 0 Å². The van der Waals surface area contributed by atoms with Crippen LogP contribution in [-0.4, -0.2) is 58.0 Å². The highest BCUT2D eigenvalue weighted by Crippen LogP contribution is 2.20. The van der Waals surface area contributed by atoms with Crippen molar-refractivity contribution >= 4 is 39.8 Å². The Labute approximate surface area is 140 Å². The summed E-state index contributed by atoms with van der Waals surface area (Å²) < 4.78 is 22.1. The van der Waals surface area contributed by atoms with Gasteiger partial charge in [-0.05, 0) is 24.7 Å². The molecule has 1 saturated heterocycles. The van der Waals surface area contributed by atoms with Gasteiger partial charge in [-0.1, -0.05) is 13.8 Å². The predicted molar refractivity (Wildman–Crippen MR) is 95.6 cm³/mol. The molecule has 0 saturated carbocycles. The first-order chi connectivity index (χ1) is 8.81. The standard InChI is InChI=1S/C13H27N3O2S.HI/c1-11-8-12(2)10-16(9-11)13(14-3)15-6-5-7-19(4,17)18;/h11-12H,5-10H2,1-4H3,(H,14,15);1H. The number of piperidine rings is 1. The fourth-order valence-corrected chi connectivity index (χ4v) is 3.37. The van der Waals surface area contributed by atoms with E-state index in [2.05, 4.69) is 29.1 Å². The number of halogens is 1. The Hall–Kier alpha value is -0.0500. The van der Waals surface area contributed by atoms with E-state index in [0.717, 1.165) is 19.0 Å². The van der Waals surface area contributed by atoms with Crippen molar-refractivity contribution in [3.8, 4) is 0 Å². The van der Waals surface area contributed by atoms with Gasteiger partial charge in [0.1, 0.15) is 9.84 Å². The van der Waals surface area contributed by atoms with Gasteiger partial charge in [0, 0.05) is 32.9 Å². The summed E-state index contributed by atoms with van der Waals surface area (Å²) >= 11 is 0. The van der Waals surface area contributed by atoms with Crippen LogP contribution in [0.1, 0.15) is 26.7 Å². The van der Waals surface area contributed by atoms with Crippen LogP contribution in [0.25, 0.3) is 0 Å². The minimum absolute atomic E-state index is 0. The molecular formula is C13H28IN3O2S. The van der Waals surface area contributed by atoms with Gasteiger partial charge in [-0.25, -0.2) is 8.42 Å². The van der Waals surface area contributed by atoms with Gasteiger partial charge in [-0.15, -0.1) is 24.0 Å². The van der Waals surface area contributed by atoms with Crippen LogP contribution in [0.15, 0.2) is 4.99 Å². The summed E-state index contributed by atoms with van der Waals surface area (Å²) in [7, 11) is -1.08. The lowest BCUT2D eigenvalue weighted by molar-refractivity contribution is 0.208. The van der Waals surface area contributed by atoms with Gasteiger partial charge in [0.2, 0.25) is 0 Å². The van der Waals surface area contributed by atoms with Gasteiger partial charge in [0.25, 0.3) is 0 Å². The van der Waals surface area contributed by atoms with Crippen LogP contribution in [0.4, 0.5) is 0 Å². The van der Waals surface area contributed by atoms with Crippen LogP contribution in [0.3, 0.4) is 0 Å². The van der Waals surface area contributed by atoms with E-state index < -0.39 is 9.84 Å². The Morgan fingerprint density at radius 2 is 1.85 bits per heavy atom. The largest absolute Gasteiger partial charge is 0.356 e. The van der Waals surface area contributed by atoms with Crippen LogP contribution >= 0.6 is 24.0 Å². The molecule has 0 aromatic heterocycles. The van der Waals surface area contributed by atoms with Crippen molar-refractivity contribution in [1.82, 2.24) is 10.2 Å². The van der Waals surface area contributed by atoms with E-state index in [0.29, 0.717) is 24.8 Å². The smallest absolute Gasteiger partial charge is 0.193 e. The zero-order chi connectivity index (χ0) is 14.5. The maximum atomic E-state index is 11.1. The maximum absolute atomic E-state index is 11.1. The van der Waals surface area contributed by atoms with E-state index >= 15 is 0 Å². The van der Waals surface area contributed by atoms with Crippen molar-refractivity contribution in [3.63, 3.8) is 0 Å². The first-order valence-electron chi connectivity index (χ1n) is 6.95. The maximum Gasteiger partial charge on any atom is 0.193 e. The van der Waals surface area contributed by atoms with Gasteiger partial charge >= 0.3 is 0 Å². The van der Waals surface area contributed by atoms with Crippen molar-refractivity contribution in [2.75, 3.05) is 38.7 Å². The van der Waals surface area contributed by atoms with E-state index in [-0.39, 0.29) is 29.7 Å². The first kappa shape index (κ1) is 19.9. The number of rotatable bonds is 4. The molecule has 2 atom stereocenters. The third-order valence-electron chi connectivity index (χ3n) is 3.36. The molecule has 1 N–H and O–H groups in total. The van der Waals surface area contributed by atoms with Gasteiger partial charge in [-0.3, -0.25) is 4.99 Å². The molecule has 20 heavy (non-hydrogen) atoms. The number of nitrogens with one attached hydrogen (secondary N) is 1. The number of nitrogens with zero attached hydrogens (tertiary/aromatic N) is 2. The quantitative estimate of drug-likeness (QED) is 0.327. The second-order valence-corrected chi connectivity index (χ2v) is 8.07. The second kappa shape index (κ2) is 9.07. The highest BCUT2D eigenvalue weighted by Gasteiger charge is 2.23. The SMILES string of the molecule is CN=C(NCCCS(C)(=O)=O)N1CC(C)CC(C)C1.I. The van der Waals surface area contributed by atoms with E-state index in [9.17, 15) is 8.42 Å². The van der Waals surface area contributed by atoms with Gasteiger partial charge < -0.3 is 10.2 Å². The summed E-state index contributed by atoms with van der Waals surface area (Å²) in [6, 6.07) is 0. The number of hydrogen-bond donors (Lipinski definition) is 1. The van der Waals surface area contributed by atoms with Crippen LogP contribution in [-0.2, 0) is 9.84 Å². The molecule has 0 aromatic rings. The van der Waals surface area contributed by atoms with E-state index in [1.54, 1.807) is 7.05 Å². The molecule has 7 heteroatoms. The van der Waals surface area contributed by atoms with Gasteiger partial charge in [0.15, 0.2) is 5.96 Å². The molecule has 0 radical (unpaired) electrons. The molecule has 1 aliphatic heterocycles. The zero-order valence-electron chi connectivity index (χ0n) is 12.9. The highest BCUT2D eigenvalue weighted by atomic mass is 127. The molecule has 5 nitrogen and oxygen atoms in total. The first-order valence-corrected chi connectivity index (χ1v) is 9.01. The van der Waals surface area contributed by atoms with Crippen LogP contribution < -0.4 is 5.32 Å². The van der Waals surface area contributed by atoms with E-state index in [4.69, 9.17) is 0 Å². The minimum atomic E-state index is -2.86. The van der Waals surface area contributed by atoms with E-state index in [1.807, 2.05) is 0 Å². The summed E-state index contributed by atoms with van der Waals surface area (Å²) in [5, 5.41) is 3.26. The van der Waals surface area contributed by atoms with Crippen molar-refractivity contribution in [2.45, 2.75) is 26.7 Å². The van der Waals surface area contributed by atoms with E-state index in [1.165, 1.54) is 12.7 Å². The monoisotopic (exact) mass is 417 g/mol. The Kier molecular flexibility index (Phi) is 9.04. The minimum Gasteiger partial charge on any atom is -0.356 e. The summed E-state index contributed by atoms with van der Waals surface area (Å²) in [4.78, 5) is 6.57. The Balaban J connectivity index is 0.00000361. The average Bonchev–Trinajstić information content (AvgIpc) is 2.26. The molecule has 0 bridgehead atoms. The number of likely N-dealkylation sites (tertiary alicyclic amines) is 1. The molecule has 1 aliphatic rings. The lowest BCUT2D eigenvalue weighted by Crippen LogP contribution is -2.48. The summed E-state index contributed by atoms with van der Waals surface area (Å²) in [6.45, 7) is 7.23. The summed E-state index contributed by atoms with van der Waals surface area (Å²) in [6.07, 6.45) is 3.16. The predicted octanol–water partition coefficient (Wildman–Crippen LogP) is 1.59. The van der Waals surface area contributed by atoms with Gasteiger partial charge in [-0.2, -0.15) is 0 Å². The van der Waals surface area contributed by atoms with Crippen LogP contribution in [0.2, 0.25) is 0 Å². The molecule has 1 fully saturated rings. The molecule has 2 unspecified atom stereocenters. The van der Waals surface area contributed by atoms with Crippen molar-refractivity contribution < 1.29 is 8.42 Å². The van der Waals surface area contributed by atoms with Crippen LogP contribution in [0, 0.1) is 11.8 Å². The molecular weight excluding hydrogens is 389 g/mol. The molecule has 120 valence electrons. The summed E-state index contributed by atoms with van der Waals surface area (Å²) in [5.74, 6) is 2.48. The average molecular weight is 417 g/mol. The lowest BCUT2D eigenvalue weighted by Gasteiger charge is -2.37. The van der Waals surface area contributed by atoms with Crippen molar-refractivity contribution in [1.29, 1.82) is 0 Å². The molecule has 0 amide bonds. The van der Waals surface area contributed by atoms with Crippen molar-refractivity contribution in [2.24, 2.45) is 16.8 Å². The third kappa shape index (κ3) is 7.66. The highest BCUT2D eigenvalue weighted by molar-refractivity contribution is 14.0. The normalized spacial score (nSPS) is 24.2. The molecule has 0 aromatic carbocycles. The lowest BCUT2D eigenvalue weighted by atomic mass is 9.92. The van der Waals surface area contributed by atoms with Crippen LogP contribution in [0.5, 0.6) is 0 Å². The number of guanidine groups is 1. The Morgan fingerprint density at radius 1 is 1.30 bits per heavy atom. The molecule has 0 aliphatic carbocycles. The molecule has 0 spiro atoms. The second-order valence-electron chi connectivity index (χ2n) is 5.81.